The van der Waals surface area contributed by atoms with Crippen LogP contribution in [0.15, 0.2) is 41.3 Å². The number of fused-ring (bicyclic) bond motifs is 2. The van der Waals surface area contributed by atoms with Gasteiger partial charge in [-0.2, -0.15) is 13.2 Å². The molecule has 2 aliphatic heterocycles. The standard InChI is InChI=1S/C26H32F3N3O4S/c1-17-16-32-20(22(33)26(27,28)29)10-11-21(32)25(30(17)5)12-14-31(15-13-25)23(34)18-6-8-19(9-7-18)37(35,36)24(2,3)4/h6-11,17H,12-16H2,1-5H3/t17-/m0/s1. The SMILES string of the molecule is C[C@H]1Cn2c(C(=O)C(F)(F)F)ccc2C2(CCN(C(=O)c3ccc(S(=O)(=O)C(C)(C)C)cc3)CC2)N1C. The predicted molar refractivity (Wildman–Crippen MR) is 132 cm³/mol. The number of carbonyl (C=O) groups is 2. The number of Topliss-reactive ketones (excluding diaryl/α,β-unsaturated/α-hetero) is 1. The Kier molecular flexibility index (Phi) is 6.64. The number of piperidine rings is 1. The van der Waals surface area contributed by atoms with Gasteiger partial charge >= 0.3 is 6.18 Å². The maximum Gasteiger partial charge on any atom is 0.456 e. The van der Waals surface area contributed by atoms with Crippen LogP contribution in [0.3, 0.4) is 0 Å². The maximum atomic E-state index is 13.2. The van der Waals surface area contributed by atoms with Crippen molar-refractivity contribution in [1.82, 2.24) is 14.4 Å². The van der Waals surface area contributed by atoms with Gasteiger partial charge in [0.05, 0.1) is 20.9 Å². The Morgan fingerprint density at radius 2 is 1.54 bits per heavy atom. The summed E-state index contributed by atoms with van der Waals surface area (Å²) >= 11 is 0. The molecule has 0 saturated carbocycles. The molecule has 7 nitrogen and oxygen atoms in total. The molecule has 1 saturated heterocycles. The smallest absolute Gasteiger partial charge is 0.339 e. The summed E-state index contributed by atoms with van der Waals surface area (Å²) in [4.78, 5) is 29.2. The first-order valence-corrected chi connectivity index (χ1v) is 13.7. The van der Waals surface area contributed by atoms with E-state index in [2.05, 4.69) is 4.90 Å². The van der Waals surface area contributed by atoms with E-state index in [1.165, 1.54) is 34.9 Å². The molecule has 1 fully saturated rings. The second-order valence-corrected chi connectivity index (χ2v) is 13.7. The van der Waals surface area contributed by atoms with Crippen molar-refractivity contribution in [3.8, 4) is 0 Å². The highest BCUT2D eigenvalue weighted by Gasteiger charge is 2.49. The van der Waals surface area contributed by atoms with Crippen LogP contribution in [-0.2, 0) is 21.9 Å². The number of ketones is 1. The van der Waals surface area contributed by atoms with Crippen molar-refractivity contribution >= 4 is 21.5 Å². The maximum absolute atomic E-state index is 13.2. The van der Waals surface area contributed by atoms with Crippen molar-refractivity contribution in [2.45, 2.75) is 74.5 Å². The average Bonchev–Trinajstić information content (AvgIpc) is 3.25. The third kappa shape index (κ3) is 4.50. The molecular weight excluding hydrogens is 507 g/mol. The zero-order chi connectivity index (χ0) is 27.6. The minimum atomic E-state index is -4.95. The van der Waals surface area contributed by atoms with Gasteiger partial charge in [0.25, 0.3) is 11.7 Å². The van der Waals surface area contributed by atoms with Gasteiger partial charge in [-0.15, -0.1) is 0 Å². The molecule has 0 bridgehead atoms. The number of hydrogen-bond acceptors (Lipinski definition) is 5. The molecule has 3 heterocycles. The van der Waals surface area contributed by atoms with Crippen LogP contribution in [0.5, 0.6) is 0 Å². The van der Waals surface area contributed by atoms with Crippen molar-refractivity contribution in [3.05, 3.63) is 53.3 Å². The topological polar surface area (TPSA) is 79.7 Å². The summed E-state index contributed by atoms with van der Waals surface area (Å²) in [6.45, 7) is 7.77. The minimum absolute atomic E-state index is 0.112. The molecule has 2 aromatic rings. The number of sulfone groups is 1. The van der Waals surface area contributed by atoms with E-state index in [1.807, 2.05) is 14.0 Å². The van der Waals surface area contributed by atoms with Crippen LogP contribution in [0.4, 0.5) is 13.2 Å². The Hall–Kier alpha value is -2.66. The monoisotopic (exact) mass is 539 g/mol. The fourth-order valence-corrected chi connectivity index (χ4v) is 6.61. The normalized spacial score (nSPS) is 20.6. The first kappa shape index (κ1) is 27.4. The van der Waals surface area contributed by atoms with Crippen LogP contribution in [-0.4, -0.2) is 71.6 Å². The van der Waals surface area contributed by atoms with Crippen molar-refractivity contribution < 1.29 is 31.2 Å². The zero-order valence-corrected chi connectivity index (χ0v) is 22.4. The van der Waals surface area contributed by atoms with E-state index in [4.69, 9.17) is 0 Å². The number of alkyl halides is 3. The molecule has 4 rings (SSSR count). The molecular formula is C26H32F3N3O4S. The third-order valence-electron chi connectivity index (χ3n) is 7.83. The van der Waals surface area contributed by atoms with E-state index in [1.54, 1.807) is 31.7 Å². The molecule has 0 N–H and O–H groups in total. The Morgan fingerprint density at radius 1 is 0.973 bits per heavy atom. The molecule has 0 aliphatic carbocycles. The summed E-state index contributed by atoms with van der Waals surface area (Å²) in [5.74, 6) is -2.08. The largest absolute Gasteiger partial charge is 0.456 e. The first-order valence-electron chi connectivity index (χ1n) is 12.2. The molecule has 1 amide bonds. The number of benzene rings is 1. The molecule has 11 heteroatoms. The molecule has 1 aromatic heterocycles. The summed E-state index contributed by atoms with van der Waals surface area (Å²) in [7, 11) is -1.61. The predicted octanol–water partition coefficient (Wildman–Crippen LogP) is 4.27. The Bertz CT molecular complexity index is 1320. The number of amides is 1. The summed E-state index contributed by atoms with van der Waals surface area (Å²) < 4.78 is 65.5. The van der Waals surface area contributed by atoms with Gasteiger partial charge in [-0.05, 0) is 84.0 Å². The van der Waals surface area contributed by atoms with Gasteiger partial charge in [-0.25, -0.2) is 8.42 Å². The number of rotatable bonds is 3. The second kappa shape index (κ2) is 8.97. The van der Waals surface area contributed by atoms with Crippen LogP contribution in [0, 0.1) is 0 Å². The number of carbonyl (C=O) groups excluding carboxylic acids is 2. The van der Waals surface area contributed by atoms with Gasteiger partial charge in [0.1, 0.15) is 0 Å². The molecule has 1 aromatic carbocycles. The fraction of sp³-hybridized carbons (Fsp3) is 0.538. The highest BCUT2D eigenvalue weighted by molar-refractivity contribution is 7.92. The van der Waals surface area contributed by atoms with Crippen LogP contribution in [0.25, 0.3) is 0 Å². The lowest BCUT2D eigenvalue weighted by Crippen LogP contribution is -2.59. The molecule has 1 atom stereocenters. The van der Waals surface area contributed by atoms with Gasteiger partial charge in [0.15, 0.2) is 9.84 Å². The number of hydrogen-bond donors (Lipinski definition) is 0. The minimum Gasteiger partial charge on any atom is -0.339 e. The zero-order valence-electron chi connectivity index (χ0n) is 21.6. The first-order chi connectivity index (χ1) is 17.0. The lowest BCUT2D eigenvalue weighted by atomic mass is 9.80. The number of halogens is 3. The lowest BCUT2D eigenvalue weighted by Gasteiger charge is -2.53. The molecule has 2 aliphatic rings. The van der Waals surface area contributed by atoms with Gasteiger partial charge in [-0.3, -0.25) is 14.5 Å². The Morgan fingerprint density at radius 3 is 2.05 bits per heavy atom. The van der Waals surface area contributed by atoms with Crippen LogP contribution in [0.2, 0.25) is 0 Å². The number of aromatic nitrogens is 1. The van der Waals surface area contributed by atoms with Crippen molar-refractivity contribution in [3.63, 3.8) is 0 Å². The van der Waals surface area contributed by atoms with E-state index >= 15 is 0 Å². The summed E-state index contributed by atoms with van der Waals surface area (Å²) in [6.07, 6.45) is -3.98. The van der Waals surface area contributed by atoms with E-state index in [9.17, 15) is 31.2 Å². The number of likely N-dealkylation sites (tertiary alicyclic amines) is 1. The highest BCUT2D eigenvalue weighted by atomic mass is 32.2. The molecule has 202 valence electrons. The number of likely N-dealkylation sites (N-methyl/N-ethyl adjacent to an activating group) is 1. The average molecular weight is 540 g/mol. The van der Waals surface area contributed by atoms with E-state index in [0.29, 0.717) is 37.2 Å². The molecule has 0 radical (unpaired) electrons. The van der Waals surface area contributed by atoms with Gasteiger partial charge in [0.2, 0.25) is 0 Å². The molecule has 1 spiro atoms. The fourth-order valence-electron chi connectivity index (χ4n) is 5.40. The van der Waals surface area contributed by atoms with Crippen molar-refractivity contribution in [2.24, 2.45) is 0 Å². The van der Waals surface area contributed by atoms with Crippen LogP contribution < -0.4 is 0 Å². The Balaban J connectivity index is 1.56. The molecule has 0 unspecified atom stereocenters. The van der Waals surface area contributed by atoms with Crippen LogP contribution >= 0.6 is 0 Å². The summed E-state index contributed by atoms with van der Waals surface area (Å²) in [5, 5.41) is 0. The van der Waals surface area contributed by atoms with E-state index in [0.717, 1.165) is 0 Å². The highest BCUT2D eigenvalue weighted by Crippen LogP contribution is 2.44. The third-order valence-corrected chi connectivity index (χ3v) is 10.3. The lowest BCUT2D eigenvalue weighted by molar-refractivity contribution is -0.0894. The van der Waals surface area contributed by atoms with Crippen molar-refractivity contribution in [2.75, 3.05) is 20.1 Å². The van der Waals surface area contributed by atoms with E-state index < -0.39 is 32.1 Å². The Labute approximate surface area is 215 Å². The van der Waals surface area contributed by atoms with Crippen molar-refractivity contribution in [1.29, 1.82) is 0 Å². The van der Waals surface area contributed by atoms with Gasteiger partial charge in [-0.1, -0.05) is 0 Å². The quantitative estimate of drug-likeness (QED) is 0.545. The van der Waals surface area contributed by atoms with Gasteiger partial charge in [0, 0.05) is 36.9 Å². The number of nitrogens with zero attached hydrogens (tertiary/aromatic N) is 3. The summed E-state index contributed by atoms with van der Waals surface area (Å²) in [6, 6.07) is 8.67. The van der Waals surface area contributed by atoms with Gasteiger partial charge < -0.3 is 9.47 Å². The summed E-state index contributed by atoms with van der Waals surface area (Å²) in [5.41, 5.74) is 0.0641. The van der Waals surface area contributed by atoms with E-state index in [-0.39, 0.29) is 29.1 Å². The molecule has 37 heavy (non-hydrogen) atoms. The van der Waals surface area contributed by atoms with Crippen LogP contribution in [0.1, 0.15) is 67.1 Å². The second-order valence-electron chi connectivity index (χ2n) is 11.0.